The standard InChI is InChI=1S/C26H28BrN7O3/c1-26(2,3)37-25(36)32-13-9-17(10-14-32)21-15-22(34(31-21)19-7-5-18(27)6-8-19)30-24(35)20-16-29-33-12-4-11-28-23(20)33/h4-8,11-12,15-17H,9-10,13-14H2,1-3H3,(H,30,35). The van der Waals surface area contributed by atoms with Crippen molar-refractivity contribution in [3.8, 4) is 5.69 Å². The zero-order valence-electron chi connectivity index (χ0n) is 20.9. The molecule has 1 saturated heterocycles. The highest BCUT2D eigenvalue weighted by Crippen LogP contribution is 2.31. The molecule has 0 saturated carbocycles. The van der Waals surface area contributed by atoms with E-state index in [1.54, 1.807) is 32.6 Å². The molecule has 0 atom stereocenters. The lowest BCUT2D eigenvalue weighted by Crippen LogP contribution is -2.41. The topological polar surface area (TPSA) is 107 Å². The minimum atomic E-state index is -0.527. The quantitative estimate of drug-likeness (QED) is 0.371. The van der Waals surface area contributed by atoms with Crippen LogP contribution in [-0.2, 0) is 4.74 Å². The van der Waals surface area contributed by atoms with Gasteiger partial charge in [-0.25, -0.2) is 19.0 Å². The average molecular weight is 566 g/mol. The van der Waals surface area contributed by atoms with Gasteiger partial charge in [-0.05, 0) is 63.9 Å². The van der Waals surface area contributed by atoms with Gasteiger partial charge in [-0.15, -0.1) is 0 Å². The number of nitrogens with one attached hydrogen (secondary N) is 1. The highest BCUT2D eigenvalue weighted by Gasteiger charge is 2.29. The van der Waals surface area contributed by atoms with Crippen LogP contribution in [0.2, 0.25) is 0 Å². The van der Waals surface area contributed by atoms with Crippen molar-refractivity contribution in [1.29, 1.82) is 0 Å². The molecule has 1 aliphatic heterocycles. The van der Waals surface area contributed by atoms with Gasteiger partial charge in [-0.1, -0.05) is 15.9 Å². The zero-order chi connectivity index (χ0) is 26.2. The van der Waals surface area contributed by atoms with Gasteiger partial charge in [-0.3, -0.25) is 4.79 Å². The molecule has 0 bridgehead atoms. The molecular formula is C26H28BrN7O3. The second-order valence-corrected chi connectivity index (χ2v) is 10.9. The molecule has 1 aromatic carbocycles. The van der Waals surface area contributed by atoms with E-state index in [1.165, 1.54) is 6.20 Å². The minimum absolute atomic E-state index is 0.143. The van der Waals surface area contributed by atoms with Gasteiger partial charge in [0.1, 0.15) is 17.0 Å². The number of likely N-dealkylation sites (tertiary alicyclic amines) is 1. The third-order valence-electron chi connectivity index (χ3n) is 6.13. The van der Waals surface area contributed by atoms with E-state index in [0.717, 1.165) is 28.7 Å². The Morgan fingerprint density at radius 2 is 1.86 bits per heavy atom. The second-order valence-electron chi connectivity index (χ2n) is 9.98. The first-order valence-electron chi connectivity index (χ1n) is 12.1. The summed E-state index contributed by atoms with van der Waals surface area (Å²) >= 11 is 3.47. The Morgan fingerprint density at radius 1 is 1.14 bits per heavy atom. The van der Waals surface area contributed by atoms with E-state index < -0.39 is 5.60 Å². The lowest BCUT2D eigenvalue weighted by Gasteiger charge is -2.32. The minimum Gasteiger partial charge on any atom is -0.444 e. The maximum Gasteiger partial charge on any atom is 0.410 e. The summed E-state index contributed by atoms with van der Waals surface area (Å²) in [6.45, 7) is 6.77. The van der Waals surface area contributed by atoms with Crippen molar-refractivity contribution in [2.24, 2.45) is 0 Å². The Kier molecular flexibility index (Phi) is 6.72. The van der Waals surface area contributed by atoms with E-state index in [2.05, 4.69) is 31.3 Å². The average Bonchev–Trinajstić information content (AvgIpc) is 3.48. The molecule has 1 aliphatic rings. The first kappa shape index (κ1) is 24.9. The van der Waals surface area contributed by atoms with E-state index >= 15 is 0 Å². The summed E-state index contributed by atoms with van der Waals surface area (Å²) in [6, 6.07) is 11.4. The molecule has 2 amide bonds. The second kappa shape index (κ2) is 9.97. The summed E-state index contributed by atoms with van der Waals surface area (Å²) in [5, 5.41) is 12.1. The van der Waals surface area contributed by atoms with Gasteiger partial charge in [0, 0.05) is 41.9 Å². The summed E-state index contributed by atoms with van der Waals surface area (Å²) in [5.41, 5.74) is 2.00. The van der Waals surface area contributed by atoms with Crippen LogP contribution in [0.1, 0.15) is 55.6 Å². The van der Waals surface area contributed by atoms with Gasteiger partial charge in [0.2, 0.25) is 0 Å². The fourth-order valence-corrected chi connectivity index (χ4v) is 4.59. The number of amides is 2. The van der Waals surface area contributed by atoms with Gasteiger partial charge in [0.05, 0.1) is 17.6 Å². The number of rotatable bonds is 4. The van der Waals surface area contributed by atoms with E-state index in [4.69, 9.17) is 9.84 Å². The Balaban J connectivity index is 1.39. The third-order valence-corrected chi connectivity index (χ3v) is 6.66. The molecule has 1 N–H and O–H groups in total. The molecule has 4 heterocycles. The third kappa shape index (κ3) is 5.51. The van der Waals surface area contributed by atoms with Gasteiger partial charge in [-0.2, -0.15) is 10.2 Å². The number of ether oxygens (including phenoxy) is 1. The normalized spacial score (nSPS) is 14.6. The number of halogens is 1. The molecule has 3 aromatic heterocycles. The number of nitrogens with zero attached hydrogens (tertiary/aromatic N) is 6. The highest BCUT2D eigenvalue weighted by molar-refractivity contribution is 9.10. The number of anilines is 1. The number of hydrogen-bond acceptors (Lipinski definition) is 6. The van der Waals surface area contributed by atoms with Gasteiger partial charge < -0.3 is 15.0 Å². The molecule has 4 aromatic rings. The Hall–Kier alpha value is -3.73. The van der Waals surface area contributed by atoms with Crippen molar-refractivity contribution in [3.05, 3.63) is 70.7 Å². The maximum absolute atomic E-state index is 13.2. The first-order chi connectivity index (χ1) is 17.7. The van der Waals surface area contributed by atoms with Crippen LogP contribution in [0.5, 0.6) is 0 Å². The SMILES string of the molecule is CC(C)(C)OC(=O)N1CCC(c2cc(NC(=O)c3cnn4cccnc34)n(-c3ccc(Br)cc3)n2)CC1. The van der Waals surface area contributed by atoms with Gasteiger partial charge in [0.15, 0.2) is 5.65 Å². The molecular weight excluding hydrogens is 538 g/mol. The molecule has 37 heavy (non-hydrogen) atoms. The van der Waals surface area contributed by atoms with Crippen LogP contribution in [0.25, 0.3) is 11.3 Å². The fraction of sp³-hybridized carbons (Fsp3) is 0.346. The van der Waals surface area contributed by atoms with Crippen molar-refractivity contribution in [2.45, 2.75) is 45.1 Å². The molecule has 11 heteroatoms. The zero-order valence-corrected chi connectivity index (χ0v) is 22.5. The molecule has 0 unspecified atom stereocenters. The number of aromatic nitrogens is 5. The summed E-state index contributed by atoms with van der Waals surface area (Å²) in [6.07, 6.45) is 6.09. The molecule has 192 valence electrons. The molecule has 1 fully saturated rings. The Morgan fingerprint density at radius 3 is 2.57 bits per heavy atom. The first-order valence-corrected chi connectivity index (χ1v) is 12.9. The van der Waals surface area contributed by atoms with Crippen LogP contribution in [0.3, 0.4) is 0 Å². The Bertz CT molecular complexity index is 1430. The highest BCUT2D eigenvalue weighted by atomic mass is 79.9. The van der Waals surface area contributed by atoms with E-state index in [-0.39, 0.29) is 17.9 Å². The van der Waals surface area contributed by atoms with Crippen molar-refractivity contribution < 1.29 is 14.3 Å². The largest absolute Gasteiger partial charge is 0.444 e. The van der Waals surface area contributed by atoms with Crippen LogP contribution in [0, 0.1) is 0 Å². The van der Waals surface area contributed by atoms with Crippen molar-refractivity contribution in [3.63, 3.8) is 0 Å². The van der Waals surface area contributed by atoms with Crippen molar-refractivity contribution in [1.82, 2.24) is 29.3 Å². The maximum atomic E-state index is 13.2. The summed E-state index contributed by atoms with van der Waals surface area (Å²) in [4.78, 5) is 31.7. The number of piperidine rings is 1. The van der Waals surface area contributed by atoms with Crippen molar-refractivity contribution in [2.75, 3.05) is 18.4 Å². The predicted molar refractivity (Wildman–Crippen MR) is 142 cm³/mol. The number of benzene rings is 1. The molecule has 5 rings (SSSR count). The fourth-order valence-electron chi connectivity index (χ4n) is 4.32. The molecule has 10 nitrogen and oxygen atoms in total. The smallest absolute Gasteiger partial charge is 0.410 e. The molecule has 0 spiro atoms. The van der Waals surface area contributed by atoms with Crippen LogP contribution >= 0.6 is 15.9 Å². The predicted octanol–water partition coefficient (Wildman–Crippen LogP) is 5.04. The summed E-state index contributed by atoms with van der Waals surface area (Å²) in [5.74, 6) is 0.370. The van der Waals surface area contributed by atoms with Gasteiger partial charge >= 0.3 is 6.09 Å². The number of carbonyl (C=O) groups excluding carboxylic acids is 2. The monoisotopic (exact) mass is 565 g/mol. The summed E-state index contributed by atoms with van der Waals surface area (Å²) in [7, 11) is 0. The van der Waals surface area contributed by atoms with E-state index in [1.807, 2.05) is 51.1 Å². The number of carbonyl (C=O) groups is 2. The molecule has 0 aliphatic carbocycles. The van der Waals surface area contributed by atoms with E-state index in [9.17, 15) is 9.59 Å². The lowest BCUT2D eigenvalue weighted by atomic mass is 9.94. The lowest BCUT2D eigenvalue weighted by molar-refractivity contribution is 0.0204. The van der Waals surface area contributed by atoms with Crippen molar-refractivity contribution >= 4 is 39.4 Å². The van der Waals surface area contributed by atoms with Crippen LogP contribution < -0.4 is 5.32 Å². The van der Waals surface area contributed by atoms with Crippen LogP contribution in [0.4, 0.5) is 10.6 Å². The number of hydrogen-bond donors (Lipinski definition) is 1. The number of fused-ring (bicyclic) bond motifs is 1. The van der Waals surface area contributed by atoms with Crippen LogP contribution in [-0.4, -0.2) is 60.0 Å². The van der Waals surface area contributed by atoms with Crippen LogP contribution in [0.15, 0.2) is 59.5 Å². The van der Waals surface area contributed by atoms with Gasteiger partial charge in [0.25, 0.3) is 5.91 Å². The van der Waals surface area contributed by atoms with E-state index in [0.29, 0.717) is 30.1 Å². The summed E-state index contributed by atoms with van der Waals surface area (Å²) < 4.78 is 9.76. The molecule has 0 radical (unpaired) electrons. The Labute approximate surface area is 222 Å².